The van der Waals surface area contributed by atoms with Crippen molar-refractivity contribution in [1.82, 2.24) is 5.32 Å². The monoisotopic (exact) mass is 226 g/mol. The molecule has 0 aromatic rings. The fourth-order valence-electron chi connectivity index (χ4n) is 1.69. The first-order chi connectivity index (χ1) is 7.37. The van der Waals surface area contributed by atoms with E-state index in [9.17, 15) is 4.79 Å². The molecule has 1 saturated carbocycles. The summed E-state index contributed by atoms with van der Waals surface area (Å²) in [6.07, 6.45) is 6.57. The second kappa shape index (κ2) is 4.87. The van der Waals surface area contributed by atoms with Crippen LogP contribution in [-0.4, -0.2) is 23.8 Å². The predicted molar refractivity (Wildman–Crippen MR) is 64.1 cm³/mol. The van der Waals surface area contributed by atoms with Crippen LogP contribution in [0.25, 0.3) is 0 Å². The van der Waals surface area contributed by atoms with Crippen LogP contribution in [0.2, 0.25) is 0 Å². The second-order valence-electron chi connectivity index (χ2n) is 5.27. The zero-order chi connectivity index (χ0) is 12.2. The summed E-state index contributed by atoms with van der Waals surface area (Å²) in [5, 5.41) is 2.92. The van der Waals surface area contributed by atoms with Crippen molar-refractivity contribution in [2.75, 3.05) is 6.54 Å². The maximum Gasteiger partial charge on any atom is 0.408 e. The van der Waals surface area contributed by atoms with Gasteiger partial charge in [-0.05, 0) is 40.0 Å². The van der Waals surface area contributed by atoms with Gasteiger partial charge in [-0.3, -0.25) is 0 Å². The van der Waals surface area contributed by atoms with Crippen molar-refractivity contribution in [1.29, 1.82) is 0 Å². The van der Waals surface area contributed by atoms with Gasteiger partial charge in [-0.15, -0.1) is 0 Å². The normalized spacial score (nSPS) is 19.2. The van der Waals surface area contributed by atoms with Crippen molar-refractivity contribution < 1.29 is 9.53 Å². The molecule has 0 heterocycles. The number of alkyl carbamates (subject to hydrolysis) is 1. The molecule has 1 fully saturated rings. The molecule has 0 spiro atoms. The Morgan fingerprint density at radius 2 is 2.12 bits per heavy atom. The summed E-state index contributed by atoms with van der Waals surface area (Å²) in [6.45, 7) is 6.07. The van der Waals surface area contributed by atoms with Gasteiger partial charge >= 0.3 is 6.09 Å². The van der Waals surface area contributed by atoms with Gasteiger partial charge in [0.25, 0.3) is 0 Å². The third-order valence-electron chi connectivity index (χ3n) is 2.57. The van der Waals surface area contributed by atoms with Crippen LogP contribution >= 0.6 is 0 Å². The number of hydrogen-bond donors (Lipinski definition) is 2. The molecule has 1 amide bonds. The highest BCUT2D eigenvalue weighted by molar-refractivity contribution is 5.69. The van der Waals surface area contributed by atoms with E-state index in [1.54, 1.807) is 0 Å². The Morgan fingerprint density at radius 1 is 1.50 bits per heavy atom. The number of ether oxygens (including phenoxy) is 1. The number of nitrogens with two attached hydrogens (primary N) is 1. The molecule has 92 valence electrons. The summed E-state index contributed by atoms with van der Waals surface area (Å²) in [7, 11) is 0. The number of nitrogens with one attached hydrogen (secondary N) is 1. The Kier molecular flexibility index (Phi) is 3.97. The van der Waals surface area contributed by atoms with Gasteiger partial charge in [0.1, 0.15) is 5.60 Å². The SMILES string of the molecule is CC(C)(C)OC(=O)NC1(/C=C/CN)CCC1. The van der Waals surface area contributed by atoms with Crippen LogP contribution in [-0.2, 0) is 4.74 Å². The Morgan fingerprint density at radius 3 is 2.50 bits per heavy atom. The quantitative estimate of drug-likeness (QED) is 0.723. The number of carbonyl (C=O) groups is 1. The summed E-state index contributed by atoms with van der Waals surface area (Å²) in [4.78, 5) is 11.6. The lowest BCUT2D eigenvalue weighted by atomic mass is 9.76. The third kappa shape index (κ3) is 3.85. The van der Waals surface area contributed by atoms with Crippen LogP contribution < -0.4 is 11.1 Å². The van der Waals surface area contributed by atoms with Gasteiger partial charge in [-0.2, -0.15) is 0 Å². The maximum atomic E-state index is 11.6. The van der Waals surface area contributed by atoms with Crippen LogP contribution in [0.3, 0.4) is 0 Å². The van der Waals surface area contributed by atoms with Gasteiger partial charge in [0, 0.05) is 6.54 Å². The molecule has 4 nitrogen and oxygen atoms in total. The molecule has 16 heavy (non-hydrogen) atoms. The van der Waals surface area contributed by atoms with E-state index in [0.29, 0.717) is 6.54 Å². The van der Waals surface area contributed by atoms with Crippen molar-refractivity contribution in [3.05, 3.63) is 12.2 Å². The molecule has 0 aliphatic heterocycles. The zero-order valence-corrected chi connectivity index (χ0v) is 10.4. The molecule has 0 aromatic carbocycles. The molecular formula is C12H22N2O2. The largest absolute Gasteiger partial charge is 0.444 e. The summed E-state index contributed by atoms with van der Waals surface area (Å²) in [6, 6.07) is 0. The van der Waals surface area contributed by atoms with Crippen molar-refractivity contribution in [2.45, 2.75) is 51.2 Å². The lowest BCUT2D eigenvalue weighted by Crippen LogP contribution is -2.53. The fraction of sp³-hybridized carbons (Fsp3) is 0.750. The van der Waals surface area contributed by atoms with E-state index in [4.69, 9.17) is 10.5 Å². The first kappa shape index (κ1) is 13.0. The van der Waals surface area contributed by atoms with Crippen molar-refractivity contribution in [3.8, 4) is 0 Å². The van der Waals surface area contributed by atoms with E-state index in [1.807, 2.05) is 32.9 Å². The second-order valence-corrected chi connectivity index (χ2v) is 5.27. The van der Waals surface area contributed by atoms with E-state index >= 15 is 0 Å². The molecule has 0 aromatic heterocycles. The number of carbonyl (C=O) groups excluding carboxylic acids is 1. The van der Waals surface area contributed by atoms with Gasteiger partial charge in [-0.1, -0.05) is 12.2 Å². The summed E-state index contributed by atoms with van der Waals surface area (Å²) in [5.74, 6) is 0. The highest BCUT2D eigenvalue weighted by atomic mass is 16.6. The van der Waals surface area contributed by atoms with E-state index in [1.165, 1.54) is 0 Å². The predicted octanol–water partition coefficient (Wildman–Crippen LogP) is 1.95. The van der Waals surface area contributed by atoms with E-state index in [0.717, 1.165) is 19.3 Å². The molecule has 0 bridgehead atoms. The van der Waals surface area contributed by atoms with Crippen LogP contribution in [0.15, 0.2) is 12.2 Å². The summed E-state index contributed by atoms with van der Waals surface area (Å²) < 4.78 is 5.23. The van der Waals surface area contributed by atoms with Gasteiger partial charge in [0.05, 0.1) is 5.54 Å². The van der Waals surface area contributed by atoms with Gasteiger partial charge in [0.15, 0.2) is 0 Å². The van der Waals surface area contributed by atoms with Crippen molar-refractivity contribution in [3.63, 3.8) is 0 Å². The van der Waals surface area contributed by atoms with Crippen LogP contribution in [0.1, 0.15) is 40.0 Å². The molecule has 0 saturated heterocycles. The van der Waals surface area contributed by atoms with Gasteiger partial charge in [0.2, 0.25) is 0 Å². The standard InChI is InChI=1S/C12H22N2O2/c1-11(2,3)16-10(15)14-12(6-4-7-12)8-5-9-13/h5,8H,4,6-7,9,13H2,1-3H3,(H,14,15)/b8-5+. The average Bonchev–Trinajstić information content (AvgIpc) is 2.06. The minimum absolute atomic E-state index is 0.221. The smallest absolute Gasteiger partial charge is 0.408 e. The lowest BCUT2D eigenvalue weighted by molar-refractivity contribution is 0.0432. The topological polar surface area (TPSA) is 64.3 Å². The zero-order valence-electron chi connectivity index (χ0n) is 10.4. The first-order valence-corrected chi connectivity index (χ1v) is 5.76. The van der Waals surface area contributed by atoms with E-state index < -0.39 is 5.60 Å². The first-order valence-electron chi connectivity index (χ1n) is 5.76. The fourth-order valence-corrected chi connectivity index (χ4v) is 1.69. The van der Waals surface area contributed by atoms with Crippen molar-refractivity contribution in [2.24, 2.45) is 5.73 Å². The van der Waals surface area contributed by atoms with E-state index in [2.05, 4.69) is 5.32 Å². The minimum Gasteiger partial charge on any atom is -0.444 e. The van der Waals surface area contributed by atoms with Crippen LogP contribution in [0, 0.1) is 0 Å². The Bertz CT molecular complexity index is 275. The highest BCUT2D eigenvalue weighted by Gasteiger charge is 2.36. The van der Waals surface area contributed by atoms with Crippen LogP contribution in [0.5, 0.6) is 0 Å². The molecule has 3 N–H and O–H groups in total. The molecule has 0 unspecified atom stereocenters. The molecule has 0 atom stereocenters. The third-order valence-corrected chi connectivity index (χ3v) is 2.57. The van der Waals surface area contributed by atoms with Gasteiger partial charge < -0.3 is 15.8 Å². The summed E-state index contributed by atoms with van der Waals surface area (Å²) >= 11 is 0. The highest BCUT2D eigenvalue weighted by Crippen LogP contribution is 2.33. The number of hydrogen-bond acceptors (Lipinski definition) is 3. The van der Waals surface area contributed by atoms with Crippen molar-refractivity contribution >= 4 is 6.09 Å². The molecule has 1 aliphatic rings. The Hall–Kier alpha value is -1.03. The van der Waals surface area contributed by atoms with Crippen LogP contribution in [0.4, 0.5) is 4.79 Å². The molecule has 0 radical (unpaired) electrons. The molecule has 1 rings (SSSR count). The van der Waals surface area contributed by atoms with E-state index in [-0.39, 0.29) is 11.6 Å². The number of rotatable bonds is 3. The van der Waals surface area contributed by atoms with Gasteiger partial charge in [-0.25, -0.2) is 4.79 Å². The number of amides is 1. The molecule has 4 heteroatoms. The molecular weight excluding hydrogens is 204 g/mol. The lowest BCUT2D eigenvalue weighted by Gasteiger charge is -2.40. The Labute approximate surface area is 97.2 Å². The summed E-state index contributed by atoms with van der Waals surface area (Å²) in [5.41, 5.74) is 4.74. The Balaban J connectivity index is 2.50. The molecule has 1 aliphatic carbocycles. The average molecular weight is 226 g/mol. The maximum absolute atomic E-state index is 11.6. The minimum atomic E-state index is -0.452.